The van der Waals surface area contributed by atoms with Crippen molar-refractivity contribution in [1.82, 2.24) is 15.1 Å². The van der Waals surface area contributed by atoms with E-state index in [0.717, 1.165) is 6.08 Å². The Hall–Kier alpha value is -2.72. The maximum atomic E-state index is 13.1. The molecule has 30 heavy (non-hydrogen) atoms. The summed E-state index contributed by atoms with van der Waals surface area (Å²) in [7, 11) is -3.11. The van der Waals surface area contributed by atoms with Crippen molar-refractivity contribution in [3.63, 3.8) is 0 Å². The largest absolute Gasteiger partial charge is 0.452 e. The Labute approximate surface area is 177 Å². The number of rotatable bonds is 6. The molecule has 1 aromatic carbocycles. The van der Waals surface area contributed by atoms with Gasteiger partial charge in [0.25, 0.3) is 5.91 Å². The van der Waals surface area contributed by atoms with Gasteiger partial charge in [0.2, 0.25) is 0 Å². The number of sulfone groups is 1. The lowest BCUT2D eigenvalue weighted by atomic mass is 10.2. The molecule has 0 aliphatic carbocycles. The molecule has 1 fully saturated rings. The average molecular weight is 456 g/mol. The molecule has 11 heteroatoms. The fourth-order valence-corrected chi connectivity index (χ4v) is 4.98. The van der Waals surface area contributed by atoms with E-state index in [0.29, 0.717) is 23.4 Å². The average Bonchev–Trinajstić information content (AvgIpc) is 3.17. The first-order chi connectivity index (χ1) is 14.1. The van der Waals surface area contributed by atoms with Gasteiger partial charge in [0.15, 0.2) is 16.4 Å². The number of benzene rings is 1. The summed E-state index contributed by atoms with van der Waals surface area (Å²) in [6.07, 6.45) is 2.87. The van der Waals surface area contributed by atoms with Gasteiger partial charge in [0, 0.05) is 17.7 Å². The number of halogens is 2. The van der Waals surface area contributed by atoms with Crippen LogP contribution >= 0.6 is 11.6 Å². The monoisotopic (exact) mass is 455 g/mol. The number of esters is 1. The number of aromatic nitrogens is 2. The second-order valence-electron chi connectivity index (χ2n) is 6.79. The van der Waals surface area contributed by atoms with Crippen LogP contribution < -0.4 is 5.32 Å². The van der Waals surface area contributed by atoms with Gasteiger partial charge in [-0.3, -0.25) is 4.79 Å². The Morgan fingerprint density at radius 1 is 1.37 bits per heavy atom. The number of aryl methyl sites for hydroxylation is 1. The van der Waals surface area contributed by atoms with Gasteiger partial charge < -0.3 is 10.1 Å². The summed E-state index contributed by atoms with van der Waals surface area (Å²) in [5, 5.41) is 7.03. The molecule has 160 valence electrons. The van der Waals surface area contributed by atoms with Gasteiger partial charge in [0.05, 0.1) is 22.9 Å². The number of carbonyl (C=O) groups is 2. The minimum Gasteiger partial charge on any atom is -0.452 e. The van der Waals surface area contributed by atoms with Gasteiger partial charge in [-0.15, -0.1) is 0 Å². The van der Waals surface area contributed by atoms with Gasteiger partial charge in [-0.05, 0) is 43.7 Å². The zero-order valence-electron chi connectivity index (χ0n) is 16.0. The van der Waals surface area contributed by atoms with Gasteiger partial charge in [-0.2, -0.15) is 5.10 Å². The zero-order valence-corrected chi connectivity index (χ0v) is 17.5. The summed E-state index contributed by atoms with van der Waals surface area (Å²) in [6, 6.07) is 5.13. The van der Waals surface area contributed by atoms with Gasteiger partial charge >= 0.3 is 5.97 Å². The van der Waals surface area contributed by atoms with Crippen molar-refractivity contribution in [1.29, 1.82) is 0 Å². The number of amides is 1. The van der Waals surface area contributed by atoms with Crippen molar-refractivity contribution in [2.45, 2.75) is 19.4 Å². The highest BCUT2D eigenvalue weighted by atomic mass is 35.5. The van der Waals surface area contributed by atoms with E-state index in [4.69, 9.17) is 16.3 Å². The van der Waals surface area contributed by atoms with Crippen molar-refractivity contribution in [2.24, 2.45) is 0 Å². The SMILES string of the molecule is Cc1nn(-c2ccc(F)cc2)c(Cl)c1/C=C/C(=O)OCC(=O)NC1CCS(=O)(=O)C1. The number of ether oxygens (including phenoxy) is 1. The van der Waals surface area contributed by atoms with Crippen LogP contribution in [-0.2, 0) is 24.2 Å². The Kier molecular flexibility index (Phi) is 6.57. The molecule has 8 nitrogen and oxygen atoms in total. The van der Waals surface area contributed by atoms with Crippen LogP contribution in [0.15, 0.2) is 30.3 Å². The molecule has 1 N–H and O–H groups in total. The number of carbonyl (C=O) groups excluding carboxylic acids is 2. The first-order valence-corrected chi connectivity index (χ1v) is 11.2. The number of nitrogens with one attached hydrogen (secondary N) is 1. The Morgan fingerprint density at radius 3 is 2.70 bits per heavy atom. The third-order valence-electron chi connectivity index (χ3n) is 4.45. The third-order valence-corrected chi connectivity index (χ3v) is 6.58. The van der Waals surface area contributed by atoms with Crippen LogP contribution in [0.4, 0.5) is 4.39 Å². The van der Waals surface area contributed by atoms with Crippen molar-refractivity contribution in [3.8, 4) is 5.69 Å². The van der Waals surface area contributed by atoms with Gasteiger partial charge in [-0.25, -0.2) is 22.3 Å². The van der Waals surface area contributed by atoms with E-state index in [2.05, 4.69) is 10.4 Å². The summed E-state index contributed by atoms with van der Waals surface area (Å²) in [4.78, 5) is 23.7. The maximum absolute atomic E-state index is 13.1. The standard InChI is InChI=1S/C19H19ClFN3O5S/c1-12-16(19(20)24(23-12)15-4-2-13(21)3-5-15)6-7-18(26)29-10-17(25)22-14-8-9-30(27,28)11-14/h2-7,14H,8-11H2,1H3,(H,22,25)/b7-6+. The van der Waals surface area contributed by atoms with Gasteiger partial charge in [-0.1, -0.05) is 11.6 Å². The minimum absolute atomic E-state index is 0.0339. The lowest BCUT2D eigenvalue weighted by molar-refractivity contribution is -0.143. The quantitative estimate of drug-likeness (QED) is 0.526. The van der Waals surface area contributed by atoms with E-state index < -0.39 is 34.4 Å². The van der Waals surface area contributed by atoms with E-state index in [1.54, 1.807) is 6.92 Å². The summed E-state index contributed by atoms with van der Waals surface area (Å²) in [5.74, 6) is -1.80. The van der Waals surface area contributed by atoms with Crippen molar-refractivity contribution < 1.29 is 27.1 Å². The molecule has 0 bridgehead atoms. The third kappa shape index (κ3) is 5.45. The van der Waals surface area contributed by atoms with Crippen LogP contribution in [-0.4, -0.2) is 54.2 Å². The van der Waals surface area contributed by atoms with E-state index in [1.165, 1.54) is 35.0 Å². The topological polar surface area (TPSA) is 107 Å². The van der Waals surface area contributed by atoms with E-state index in [9.17, 15) is 22.4 Å². The normalized spacial score (nSPS) is 17.9. The van der Waals surface area contributed by atoms with E-state index in [1.807, 2.05) is 0 Å². The van der Waals surface area contributed by atoms with E-state index >= 15 is 0 Å². The molecule has 1 aromatic heterocycles. The highest BCUT2D eigenvalue weighted by Crippen LogP contribution is 2.24. The molecular weight excluding hydrogens is 437 g/mol. The highest BCUT2D eigenvalue weighted by molar-refractivity contribution is 7.91. The molecular formula is C19H19ClFN3O5S. The molecule has 2 aromatic rings. The zero-order chi connectivity index (χ0) is 21.9. The lowest BCUT2D eigenvalue weighted by Crippen LogP contribution is -2.38. The molecule has 1 atom stereocenters. The number of nitrogens with zero attached hydrogens (tertiary/aromatic N) is 2. The van der Waals surface area contributed by atoms with Gasteiger partial charge in [0.1, 0.15) is 11.0 Å². The molecule has 0 saturated carbocycles. The summed E-state index contributed by atoms with van der Waals surface area (Å²) in [5.41, 5.74) is 1.56. The van der Waals surface area contributed by atoms with Crippen LogP contribution in [0.1, 0.15) is 17.7 Å². The lowest BCUT2D eigenvalue weighted by Gasteiger charge is -2.10. The highest BCUT2D eigenvalue weighted by Gasteiger charge is 2.29. The molecule has 1 unspecified atom stereocenters. The van der Waals surface area contributed by atoms with Crippen molar-refractivity contribution >= 4 is 39.4 Å². The molecule has 2 heterocycles. The van der Waals surface area contributed by atoms with Crippen molar-refractivity contribution in [3.05, 3.63) is 52.6 Å². The van der Waals surface area contributed by atoms with Crippen LogP contribution in [0.5, 0.6) is 0 Å². The second-order valence-corrected chi connectivity index (χ2v) is 9.37. The molecule has 0 spiro atoms. The summed E-state index contributed by atoms with van der Waals surface area (Å²) < 4.78 is 42.2. The molecule has 1 saturated heterocycles. The Balaban J connectivity index is 1.57. The number of hydrogen-bond acceptors (Lipinski definition) is 6. The second kappa shape index (κ2) is 8.97. The minimum atomic E-state index is -3.11. The predicted octanol–water partition coefficient (Wildman–Crippen LogP) is 1.83. The Bertz CT molecular complexity index is 1100. The molecule has 1 aliphatic heterocycles. The summed E-state index contributed by atoms with van der Waals surface area (Å²) in [6.45, 7) is 1.17. The van der Waals surface area contributed by atoms with Crippen LogP contribution in [0.25, 0.3) is 11.8 Å². The number of hydrogen-bond donors (Lipinski definition) is 1. The first kappa shape index (κ1) is 22.0. The fourth-order valence-electron chi connectivity index (χ4n) is 2.97. The summed E-state index contributed by atoms with van der Waals surface area (Å²) >= 11 is 6.32. The van der Waals surface area contributed by atoms with Crippen molar-refractivity contribution in [2.75, 3.05) is 18.1 Å². The van der Waals surface area contributed by atoms with Crippen LogP contribution in [0.2, 0.25) is 5.15 Å². The maximum Gasteiger partial charge on any atom is 0.331 e. The van der Waals surface area contributed by atoms with E-state index in [-0.39, 0.29) is 22.5 Å². The molecule has 1 amide bonds. The van der Waals surface area contributed by atoms with Crippen LogP contribution in [0.3, 0.4) is 0 Å². The first-order valence-electron chi connectivity index (χ1n) is 9.00. The predicted molar refractivity (Wildman–Crippen MR) is 108 cm³/mol. The molecule has 0 radical (unpaired) electrons. The fraction of sp³-hybridized carbons (Fsp3) is 0.316. The molecule has 3 rings (SSSR count). The Morgan fingerprint density at radius 2 is 2.07 bits per heavy atom. The molecule has 1 aliphatic rings. The smallest absolute Gasteiger partial charge is 0.331 e. The van der Waals surface area contributed by atoms with Crippen LogP contribution in [0, 0.1) is 12.7 Å².